The van der Waals surface area contributed by atoms with E-state index in [0.29, 0.717) is 6.04 Å². The van der Waals surface area contributed by atoms with Crippen LogP contribution in [0.3, 0.4) is 0 Å². The molecular formula is C15H20N2O. The Balaban J connectivity index is 1.95. The minimum Gasteiger partial charge on any atom is -0.493 e. The Labute approximate surface area is 108 Å². The number of benzene rings is 1. The van der Waals surface area contributed by atoms with E-state index in [1.807, 2.05) is 37.4 Å². The molecule has 3 nitrogen and oxygen atoms in total. The molecule has 1 heterocycles. The van der Waals surface area contributed by atoms with Crippen molar-refractivity contribution in [3.05, 3.63) is 36.5 Å². The second-order valence-corrected chi connectivity index (χ2v) is 4.51. The Morgan fingerprint density at radius 3 is 3.00 bits per heavy atom. The third kappa shape index (κ3) is 3.20. The van der Waals surface area contributed by atoms with Gasteiger partial charge in [0.25, 0.3) is 0 Å². The molecule has 0 saturated carbocycles. The standard InChI is InChI=1S/C15H20N2O/c1-12(16-2)6-5-11-18-15-9-3-8-14-13(15)7-4-10-17-14/h3-4,7-10,12,16H,5-6,11H2,1-2H3. The van der Waals surface area contributed by atoms with E-state index in [0.717, 1.165) is 36.1 Å². The van der Waals surface area contributed by atoms with E-state index in [1.54, 1.807) is 6.20 Å². The van der Waals surface area contributed by atoms with Gasteiger partial charge >= 0.3 is 0 Å². The Bertz CT molecular complexity index is 493. The van der Waals surface area contributed by atoms with Gasteiger partial charge in [-0.15, -0.1) is 0 Å². The average Bonchev–Trinajstić information content (AvgIpc) is 2.43. The first-order valence-corrected chi connectivity index (χ1v) is 6.45. The number of rotatable bonds is 6. The molecule has 3 heteroatoms. The number of nitrogens with zero attached hydrogens (tertiary/aromatic N) is 1. The summed E-state index contributed by atoms with van der Waals surface area (Å²) in [5, 5.41) is 4.31. The van der Waals surface area contributed by atoms with Gasteiger partial charge in [0.2, 0.25) is 0 Å². The zero-order chi connectivity index (χ0) is 12.8. The second kappa shape index (κ2) is 6.36. The largest absolute Gasteiger partial charge is 0.493 e. The van der Waals surface area contributed by atoms with Gasteiger partial charge in [-0.05, 0) is 51.1 Å². The first-order valence-electron chi connectivity index (χ1n) is 6.45. The molecule has 1 N–H and O–H groups in total. The third-order valence-corrected chi connectivity index (χ3v) is 3.14. The number of nitrogens with one attached hydrogen (secondary N) is 1. The van der Waals surface area contributed by atoms with Crippen LogP contribution in [0.4, 0.5) is 0 Å². The Morgan fingerprint density at radius 1 is 1.28 bits per heavy atom. The van der Waals surface area contributed by atoms with Crippen LogP contribution in [0.15, 0.2) is 36.5 Å². The van der Waals surface area contributed by atoms with Crippen LogP contribution in [0, 0.1) is 0 Å². The van der Waals surface area contributed by atoms with Crippen LogP contribution in [0.5, 0.6) is 5.75 Å². The highest BCUT2D eigenvalue weighted by Gasteiger charge is 2.02. The molecule has 0 aliphatic rings. The average molecular weight is 244 g/mol. The van der Waals surface area contributed by atoms with Crippen LogP contribution in [-0.4, -0.2) is 24.7 Å². The van der Waals surface area contributed by atoms with E-state index in [-0.39, 0.29) is 0 Å². The van der Waals surface area contributed by atoms with Gasteiger partial charge in [0.15, 0.2) is 0 Å². The molecule has 0 amide bonds. The van der Waals surface area contributed by atoms with Gasteiger partial charge in [0, 0.05) is 17.6 Å². The summed E-state index contributed by atoms with van der Waals surface area (Å²) in [5.41, 5.74) is 0.985. The van der Waals surface area contributed by atoms with Crippen molar-refractivity contribution in [3.63, 3.8) is 0 Å². The van der Waals surface area contributed by atoms with Gasteiger partial charge in [0.1, 0.15) is 5.75 Å². The van der Waals surface area contributed by atoms with Crippen molar-refractivity contribution in [2.24, 2.45) is 0 Å². The van der Waals surface area contributed by atoms with Gasteiger partial charge in [0.05, 0.1) is 12.1 Å². The molecule has 2 rings (SSSR count). The number of aromatic nitrogens is 1. The molecule has 1 aromatic heterocycles. The van der Waals surface area contributed by atoms with Crippen molar-refractivity contribution < 1.29 is 4.74 Å². The van der Waals surface area contributed by atoms with E-state index in [9.17, 15) is 0 Å². The smallest absolute Gasteiger partial charge is 0.128 e. The summed E-state index contributed by atoms with van der Waals surface area (Å²) < 4.78 is 5.85. The van der Waals surface area contributed by atoms with Crippen LogP contribution in [0.1, 0.15) is 19.8 Å². The fraction of sp³-hybridized carbons (Fsp3) is 0.400. The molecule has 0 spiro atoms. The van der Waals surface area contributed by atoms with Crippen LogP contribution < -0.4 is 10.1 Å². The number of pyridine rings is 1. The van der Waals surface area contributed by atoms with Crippen LogP contribution in [0.2, 0.25) is 0 Å². The molecule has 96 valence electrons. The van der Waals surface area contributed by atoms with Crippen LogP contribution in [-0.2, 0) is 0 Å². The quantitative estimate of drug-likeness (QED) is 0.793. The van der Waals surface area contributed by atoms with Gasteiger partial charge in [-0.3, -0.25) is 4.98 Å². The van der Waals surface area contributed by atoms with Crippen molar-refractivity contribution in [2.45, 2.75) is 25.8 Å². The van der Waals surface area contributed by atoms with Crippen molar-refractivity contribution in [2.75, 3.05) is 13.7 Å². The molecule has 0 fully saturated rings. The van der Waals surface area contributed by atoms with E-state index >= 15 is 0 Å². The molecule has 0 aliphatic heterocycles. The molecule has 0 bridgehead atoms. The molecule has 2 aromatic rings. The fourth-order valence-electron chi connectivity index (χ4n) is 1.92. The van der Waals surface area contributed by atoms with Gasteiger partial charge in [-0.25, -0.2) is 0 Å². The molecule has 18 heavy (non-hydrogen) atoms. The molecule has 0 radical (unpaired) electrons. The van der Waals surface area contributed by atoms with Crippen molar-refractivity contribution in [3.8, 4) is 5.75 Å². The zero-order valence-corrected chi connectivity index (χ0v) is 11.0. The summed E-state index contributed by atoms with van der Waals surface area (Å²) in [7, 11) is 1.99. The predicted molar refractivity (Wildman–Crippen MR) is 75.0 cm³/mol. The van der Waals surface area contributed by atoms with Crippen LogP contribution >= 0.6 is 0 Å². The summed E-state index contributed by atoms with van der Waals surface area (Å²) in [5.74, 6) is 0.928. The number of ether oxygens (including phenoxy) is 1. The molecule has 1 atom stereocenters. The lowest BCUT2D eigenvalue weighted by atomic mass is 10.2. The normalized spacial score (nSPS) is 12.6. The minimum absolute atomic E-state index is 0.544. The van der Waals surface area contributed by atoms with E-state index < -0.39 is 0 Å². The molecule has 0 saturated heterocycles. The Hall–Kier alpha value is -1.61. The van der Waals surface area contributed by atoms with E-state index in [1.165, 1.54) is 0 Å². The summed E-state index contributed by atoms with van der Waals surface area (Å²) >= 11 is 0. The highest BCUT2D eigenvalue weighted by molar-refractivity contribution is 5.84. The number of fused-ring (bicyclic) bond motifs is 1. The zero-order valence-electron chi connectivity index (χ0n) is 11.0. The van der Waals surface area contributed by atoms with Gasteiger partial charge < -0.3 is 10.1 Å². The van der Waals surface area contributed by atoms with E-state index in [4.69, 9.17) is 4.74 Å². The summed E-state index contributed by atoms with van der Waals surface area (Å²) in [6.45, 7) is 2.93. The maximum Gasteiger partial charge on any atom is 0.128 e. The summed E-state index contributed by atoms with van der Waals surface area (Å²) in [4.78, 5) is 4.32. The lowest BCUT2D eigenvalue weighted by Gasteiger charge is -2.11. The van der Waals surface area contributed by atoms with Crippen LogP contribution in [0.25, 0.3) is 10.9 Å². The highest BCUT2D eigenvalue weighted by atomic mass is 16.5. The summed E-state index contributed by atoms with van der Waals surface area (Å²) in [6.07, 6.45) is 3.99. The highest BCUT2D eigenvalue weighted by Crippen LogP contribution is 2.23. The maximum atomic E-state index is 5.85. The van der Waals surface area contributed by atoms with Crippen molar-refractivity contribution in [1.29, 1.82) is 0 Å². The first-order chi connectivity index (χ1) is 8.81. The monoisotopic (exact) mass is 244 g/mol. The van der Waals surface area contributed by atoms with Gasteiger partial charge in [-0.1, -0.05) is 6.07 Å². The van der Waals surface area contributed by atoms with Gasteiger partial charge in [-0.2, -0.15) is 0 Å². The fourth-order valence-corrected chi connectivity index (χ4v) is 1.92. The van der Waals surface area contributed by atoms with Crippen molar-refractivity contribution >= 4 is 10.9 Å². The lowest BCUT2D eigenvalue weighted by Crippen LogP contribution is -2.21. The molecule has 1 unspecified atom stereocenters. The Kier molecular flexibility index (Phi) is 4.53. The minimum atomic E-state index is 0.544. The van der Waals surface area contributed by atoms with Crippen molar-refractivity contribution in [1.82, 2.24) is 10.3 Å². The lowest BCUT2D eigenvalue weighted by molar-refractivity contribution is 0.303. The maximum absolute atomic E-state index is 5.85. The van der Waals surface area contributed by atoms with E-state index in [2.05, 4.69) is 17.2 Å². The number of hydrogen-bond acceptors (Lipinski definition) is 3. The SMILES string of the molecule is CNC(C)CCCOc1cccc2ncccc12. The predicted octanol–water partition coefficient (Wildman–Crippen LogP) is 3.00. The molecule has 0 aliphatic carbocycles. The third-order valence-electron chi connectivity index (χ3n) is 3.14. The Morgan fingerprint density at radius 2 is 2.17 bits per heavy atom. The molecular weight excluding hydrogens is 224 g/mol. The summed E-state index contributed by atoms with van der Waals surface area (Å²) in [6, 6.07) is 10.5. The number of hydrogen-bond donors (Lipinski definition) is 1. The molecule has 1 aromatic carbocycles. The first kappa shape index (κ1) is 12.8. The topological polar surface area (TPSA) is 34.1 Å². The second-order valence-electron chi connectivity index (χ2n) is 4.51.